The molecule has 2 aromatic carbocycles. The molecule has 1 unspecified atom stereocenters. The number of methoxy groups -OCH3 is 1. The lowest BCUT2D eigenvalue weighted by molar-refractivity contribution is -0.139. The third-order valence-electron chi connectivity index (χ3n) is 7.38. The van der Waals surface area contributed by atoms with E-state index in [0.717, 1.165) is 23.9 Å². The number of hydrogen-bond donors (Lipinski definition) is 1. The van der Waals surface area contributed by atoms with Gasteiger partial charge >= 0.3 is 5.97 Å². The Morgan fingerprint density at radius 1 is 1.11 bits per heavy atom. The van der Waals surface area contributed by atoms with E-state index in [2.05, 4.69) is 9.88 Å². The Morgan fingerprint density at radius 3 is 2.67 bits per heavy atom. The van der Waals surface area contributed by atoms with Crippen molar-refractivity contribution < 1.29 is 23.4 Å². The molecule has 2 heterocycles. The summed E-state index contributed by atoms with van der Waals surface area (Å²) >= 11 is 0. The van der Waals surface area contributed by atoms with Crippen molar-refractivity contribution in [2.75, 3.05) is 26.7 Å². The molecule has 36 heavy (non-hydrogen) atoms. The van der Waals surface area contributed by atoms with E-state index < -0.39 is 18.3 Å². The number of carboxylic acids is 1. The minimum absolute atomic E-state index is 0.0469. The van der Waals surface area contributed by atoms with Gasteiger partial charge in [0.15, 0.2) is 0 Å². The number of halogens is 2. The summed E-state index contributed by atoms with van der Waals surface area (Å²) < 4.78 is 35.4. The number of benzene rings is 2. The van der Waals surface area contributed by atoms with Crippen molar-refractivity contribution in [3.63, 3.8) is 0 Å². The molecule has 0 radical (unpaired) electrons. The fourth-order valence-electron chi connectivity index (χ4n) is 5.38. The average molecular weight is 497 g/mol. The lowest BCUT2D eigenvalue weighted by atomic mass is 9.79. The van der Waals surface area contributed by atoms with Crippen LogP contribution in [-0.2, 0) is 4.79 Å². The highest BCUT2D eigenvalue weighted by Crippen LogP contribution is 2.36. The minimum atomic E-state index is -1.18. The van der Waals surface area contributed by atoms with Gasteiger partial charge in [-0.3, -0.25) is 9.78 Å². The van der Waals surface area contributed by atoms with Gasteiger partial charge in [0, 0.05) is 31.1 Å². The Bertz CT molecular complexity index is 1140. The number of carbonyl (C=O) groups is 1. The Labute approximate surface area is 211 Å². The van der Waals surface area contributed by atoms with Crippen LogP contribution < -0.4 is 4.74 Å². The monoisotopic (exact) mass is 496 g/mol. The summed E-state index contributed by atoms with van der Waals surface area (Å²) in [6, 6.07) is 16.3. The fraction of sp³-hybridized carbons (Fsp3) is 0.448. The van der Waals surface area contributed by atoms with Gasteiger partial charge in [-0.1, -0.05) is 30.3 Å². The lowest BCUT2D eigenvalue weighted by Gasteiger charge is -2.38. The first-order valence-electron chi connectivity index (χ1n) is 12.6. The summed E-state index contributed by atoms with van der Waals surface area (Å²) in [5, 5.41) is 10.2. The topological polar surface area (TPSA) is 62.7 Å². The van der Waals surface area contributed by atoms with Crippen molar-refractivity contribution in [2.45, 2.75) is 44.4 Å². The third kappa shape index (κ3) is 6.58. The van der Waals surface area contributed by atoms with Crippen LogP contribution >= 0.6 is 0 Å². The first-order valence-corrected chi connectivity index (χ1v) is 12.6. The van der Waals surface area contributed by atoms with Gasteiger partial charge in [0.1, 0.15) is 18.1 Å². The number of piperidine rings is 1. The summed E-state index contributed by atoms with van der Waals surface area (Å²) in [4.78, 5) is 18.1. The van der Waals surface area contributed by atoms with Crippen LogP contribution in [0.1, 0.15) is 55.6 Å². The van der Waals surface area contributed by atoms with Gasteiger partial charge in [0.25, 0.3) is 0 Å². The summed E-state index contributed by atoms with van der Waals surface area (Å²) in [6.07, 6.45) is 1.54. The molecule has 1 saturated heterocycles. The Hall–Kier alpha value is -3.06. The minimum Gasteiger partial charge on any atom is -0.497 e. The van der Waals surface area contributed by atoms with Gasteiger partial charge in [-0.2, -0.15) is 0 Å². The van der Waals surface area contributed by atoms with E-state index in [1.165, 1.54) is 0 Å². The number of aliphatic carboxylic acids is 1. The van der Waals surface area contributed by atoms with E-state index in [0.29, 0.717) is 49.2 Å². The largest absolute Gasteiger partial charge is 0.497 e. The second-order valence-electron chi connectivity index (χ2n) is 9.70. The van der Waals surface area contributed by atoms with Crippen LogP contribution in [0, 0.1) is 11.8 Å². The fourth-order valence-corrected chi connectivity index (χ4v) is 5.38. The van der Waals surface area contributed by atoms with E-state index in [4.69, 9.17) is 4.74 Å². The molecule has 0 saturated carbocycles. The van der Waals surface area contributed by atoms with Crippen LogP contribution in [0.15, 0.2) is 60.8 Å². The van der Waals surface area contributed by atoms with Crippen molar-refractivity contribution in [3.8, 4) is 5.75 Å². The number of carboxylic acid groups (broad SMARTS) is 1. The van der Waals surface area contributed by atoms with Gasteiger partial charge in [0.05, 0.1) is 12.6 Å². The van der Waals surface area contributed by atoms with Crippen LogP contribution in [0.25, 0.3) is 10.9 Å². The van der Waals surface area contributed by atoms with Gasteiger partial charge in [0.2, 0.25) is 0 Å². The molecule has 3 aromatic rings. The van der Waals surface area contributed by atoms with E-state index in [9.17, 15) is 14.3 Å². The Morgan fingerprint density at radius 2 is 1.92 bits per heavy atom. The van der Waals surface area contributed by atoms with E-state index in [1.54, 1.807) is 31.5 Å². The molecule has 4 rings (SSSR count). The van der Waals surface area contributed by atoms with E-state index in [-0.39, 0.29) is 18.3 Å². The molecule has 0 amide bonds. The molecule has 0 aliphatic carbocycles. The highest BCUT2D eigenvalue weighted by molar-refractivity contribution is 5.83. The third-order valence-corrected chi connectivity index (χ3v) is 7.38. The number of hydrogen-bond acceptors (Lipinski definition) is 4. The number of nitrogens with zero attached hydrogens (tertiary/aromatic N) is 2. The predicted molar refractivity (Wildman–Crippen MR) is 137 cm³/mol. The number of rotatable bonds is 11. The standard InChI is InChI=1S/C29H34F2N2O3/c1-36-23-8-10-28-25(18-23)24(11-14-32-28)27(31)9-7-20-12-15-33(19-22(20)17-29(34)35)16-13-26(30)21-5-3-2-4-6-21/h2-6,8,10-11,14,18,20,22,26-27H,7,9,12-13,15-17,19H2,1H3,(H,34,35)/t20-,22+,26?,27+/m1/s1. The SMILES string of the molecule is COc1ccc2nccc([C@@H](F)CC[C@@H]3CCN(CCC(F)c4ccccc4)C[C@@H]3CC(=O)O)c2c1. The molecular weight excluding hydrogens is 462 g/mol. The summed E-state index contributed by atoms with van der Waals surface area (Å²) in [5.41, 5.74) is 1.97. The summed E-state index contributed by atoms with van der Waals surface area (Å²) in [6.45, 7) is 1.95. The van der Waals surface area contributed by atoms with Crippen LogP contribution in [0.3, 0.4) is 0 Å². The maximum Gasteiger partial charge on any atom is 0.303 e. The normalized spacial score (nSPS) is 20.2. The van der Waals surface area contributed by atoms with Crippen LogP contribution in [0.2, 0.25) is 0 Å². The maximum atomic E-state index is 15.5. The summed E-state index contributed by atoms with van der Waals surface area (Å²) in [7, 11) is 1.58. The van der Waals surface area contributed by atoms with E-state index >= 15 is 4.39 Å². The quantitative estimate of drug-likeness (QED) is 0.326. The molecule has 0 spiro atoms. The molecule has 192 valence electrons. The maximum absolute atomic E-state index is 15.5. The molecule has 4 atom stereocenters. The highest BCUT2D eigenvalue weighted by atomic mass is 19.1. The zero-order valence-electron chi connectivity index (χ0n) is 20.7. The van der Waals surface area contributed by atoms with Crippen molar-refractivity contribution in [1.82, 2.24) is 9.88 Å². The zero-order chi connectivity index (χ0) is 25.5. The van der Waals surface area contributed by atoms with Gasteiger partial charge < -0.3 is 14.7 Å². The number of fused-ring (bicyclic) bond motifs is 1. The molecular formula is C29H34F2N2O3. The van der Waals surface area contributed by atoms with Gasteiger partial charge in [-0.25, -0.2) is 8.78 Å². The zero-order valence-corrected chi connectivity index (χ0v) is 20.7. The number of likely N-dealkylation sites (tertiary alicyclic amines) is 1. The molecule has 1 N–H and O–H groups in total. The number of aromatic nitrogens is 1. The molecule has 1 fully saturated rings. The molecule has 1 aliphatic heterocycles. The van der Waals surface area contributed by atoms with Crippen LogP contribution in [0.4, 0.5) is 8.78 Å². The first-order chi connectivity index (χ1) is 17.4. The highest BCUT2D eigenvalue weighted by Gasteiger charge is 2.31. The summed E-state index contributed by atoms with van der Waals surface area (Å²) in [5.74, 6) is -0.148. The van der Waals surface area contributed by atoms with Gasteiger partial charge in [-0.05, 0) is 79.5 Å². The molecule has 5 nitrogen and oxygen atoms in total. The Balaban J connectivity index is 1.36. The molecule has 7 heteroatoms. The second kappa shape index (κ2) is 12.3. The average Bonchev–Trinajstić information content (AvgIpc) is 2.90. The van der Waals surface area contributed by atoms with Crippen molar-refractivity contribution in [1.29, 1.82) is 0 Å². The predicted octanol–water partition coefficient (Wildman–Crippen LogP) is 6.55. The lowest BCUT2D eigenvalue weighted by Crippen LogP contribution is -2.42. The van der Waals surface area contributed by atoms with Crippen molar-refractivity contribution >= 4 is 16.9 Å². The molecule has 1 aromatic heterocycles. The van der Waals surface area contributed by atoms with Crippen LogP contribution in [0.5, 0.6) is 5.75 Å². The number of ether oxygens (including phenoxy) is 1. The first kappa shape index (κ1) is 26.0. The smallest absolute Gasteiger partial charge is 0.303 e. The van der Waals surface area contributed by atoms with Crippen LogP contribution in [-0.4, -0.2) is 47.7 Å². The Kier molecular flexibility index (Phi) is 8.86. The van der Waals surface area contributed by atoms with E-state index in [1.807, 2.05) is 36.4 Å². The van der Waals surface area contributed by atoms with Crippen molar-refractivity contribution in [3.05, 3.63) is 71.9 Å². The molecule has 1 aliphatic rings. The second-order valence-corrected chi connectivity index (χ2v) is 9.70. The van der Waals surface area contributed by atoms with Crippen molar-refractivity contribution in [2.24, 2.45) is 11.8 Å². The van der Waals surface area contributed by atoms with Gasteiger partial charge in [-0.15, -0.1) is 0 Å². The number of pyridine rings is 1. The number of alkyl halides is 2. The molecule has 0 bridgehead atoms.